The Balaban J connectivity index is 1.50. The third-order valence-corrected chi connectivity index (χ3v) is 5.68. The van der Waals surface area contributed by atoms with Crippen LogP contribution in [-0.4, -0.2) is 82.0 Å². The molecule has 2 aliphatic rings. The van der Waals surface area contributed by atoms with Gasteiger partial charge in [0.2, 0.25) is 0 Å². The van der Waals surface area contributed by atoms with Gasteiger partial charge in [-0.25, -0.2) is 0 Å². The lowest BCUT2D eigenvalue weighted by atomic mass is 9.93. The molecule has 2 amide bonds. The average molecular weight is 367 g/mol. The van der Waals surface area contributed by atoms with Crippen LogP contribution in [0.2, 0.25) is 0 Å². The molecule has 0 bridgehead atoms. The predicted octanol–water partition coefficient (Wildman–Crippen LogP) is 0.177. The number of carbonyl (C=O) groups is 2. The number of hydrogen-bond acceptors (Lipinski definition) is 6. The highest BCUT2D eigenvalue weighted by Gasteiger charge is 2.31. The Kier molecular flexibility index (Phi) is 5.95. The number of thioether (sulfide) groups is 1. The maximum atomic E-state index is 12.4. The Morgan fingerprint density at radius 2 is 1.68 bits per heavy atom. The van der Waals surface area contributed by atoms with Gasteiger partial charge >= 0.3 is 11.8 Å². The van der Waals surface area contributed by atoms with E-state index in [0.29, 0.717) is 45.3 Å². The van der Waals surface area contributed by atoms with Crippen LogP contribution in [0.25, 0.3) is 0 Å². The topological polar surface area (TPSA) is 80.6 Å². The van der Waals surface area contributed by atoms with Gasteiger partial charge in [0, 0.05) is 39.6 Å². The van der Waals surface area contributed by atoms with Crippen LogP contribution in [0.3, 0.4) is 0 Å². The van der Waals surface area contributed by atoms with Gasteiger partial charge in [0.25, 0.3) is 0 Å². The smallest absolute Gasteiger partial charge is 0.312 e. The summed E-state index contributed by atoms with van der Waals surface area (Å²) in [5, 5.41) is 9.35. The van der Waals surface area contributed by atoms with Crippen molar-refractivity contribution in [3.05, 3.63) is 5.82 Å². The first-order chi connectivity index (χ1) is 12.1. The summed E-state index contributed by atoms with van der Waals surface area (Å²) < 4.78 is 7.26. The molecule has 9 heteroatoms. The van der Waals surface area contributed by atoms with Gasteiger partial charge in [-0.1, -0.05) is 11.8 Å². The van der Waals surface area contributed by atoms with Crippen molar-refractivity contribution in [2.75, 3.05) is 45.6 Å². The molecular formula is C16H25N5O3S. The molecule has 0 aliphatic carbocycles. The van der Waals surface area contributed by atoms with E-state index in [9.17, 15) is 9.59 Å². The average Bonchev–Trinajstić information content (AvgIpc) is 3.01. The number of ether oxygens (including phenoxy) is 1. The first-order valence-electron chi connectivity index (χ1n) is 8.68. The molecule has 1 aromatic rings. The third kappa shape index (κ3) is 4.14. The number of amides is 2. The number of piperidine rings is 1. The first kappa shape index (κ1) is 18.2. The summed E-state index contributed by atoms with van der Waals surface area (Å²) in [6, 6.07) is 0. The van der Waals surface area contributed by atoms with E-state index in [1.54, 1.807) is 21.6 Å². The molecule has 25 heavy (non-hydrogen) atoms. The normalized spacial score (nSPS) is 19.3. The zero-order valence-electron chi connectivity index (χ0n) is 14.8. The van der Waals surface area contributed by atoms with Crippen LogP contribution in [0.15, 0.2) is 5.16 Å². The second-order valence-electron chi connectivity index (χ2n) is 6.51. The molecule has 138 valence electrons. The molecular weight excluding hydrogens is 342 g/mol. The highest BCUT2D eigenvalue weighted by molar-refractivity contribution is 7.98. The molecule has 0 atom stereocenters. The van der Waals surface area contributed by atoms with E-state index in [1.165, 1.54) is 0 Å². The van der Waals surface area contributed by atoms with E-state index in [0.717, 1.165) is 30.2 Å². The van der Waals surface area contributed by atoms with E-state index in [4.69, 9.17) is 4.74 Å². The van der Waals surface area contributed by atoms with Gasteiger partial charge in [0.15, 0.2) is 5.16 Å². The largest absolute Gasteiger partial charge is 0.378 e. The van der Waals surface area contributed by atoms with Crippen molar-refractivity contribution in [3.8, 4) is 0 Å². The number of likely N-dealkylation sites (tertiary alicyclic amines) is 1. The predicted molar refractivity (Wildman–Crippen MR) is 93.2 cm³/mol. The third-order valence-electron chi connectivity index (χ3n) is 4.96. The Bertz CT molecular complexity index is 621. The number of aromatic nitrogens is 3. The van der Waals surface area contributed by atoms with Crippen molar-refractivity contribution < 1.29 is 14.3 Å². The lowest BCUT2D eigenvalue weighted by molar-refractivity contribution is -0.154. The fourth-order valence-electron chi connectivity index (χ4n) is 3.34. The van der Waals surface area contributed by atoms with E-state index >= 15 is 0 Å². The summed E-state index contributed by atoms with van der Waals surface area (Å²) >= 11 is 1.58. The van der Waals surface area contributed by atoms with Crippen LogP contribution >= 0.6 is 11.8 Å². The molecule has 0 spiro atoms. The summed E-state index contributed by atoms with van der Waals surface area (Å²) in [6.07, 6.45) is 4.64. The Morgan fingerprint density at radius 3 is 2.24 bits per heavy atom. The van der Waals surface area contributed by atoms with Crippen LogP contribution in [0.4, 0.5) is 0 Å². The van der Waals surface area contributed by atoms with Crippen LogP contribution in [0, 0.1) is 5.92 Å². The number of hydrogen-bond donors (Lipinski definition) is 0. The molecule has 2 fully saturated rings. The van der Waals surface area contributed by atoms with Gasteiger partial charge in [-0.05, 0) is 25.0 Å². The number of morpholine rings is 1. The van der Waals surface area contributed by atoms with Crippen LogP contribution < -0.4 is 0 Å². The molecule has 2 saturated heterocycles. The molecule has 3 rings (SSSR count). The van der Waals surface area contributed by atoms with Gasteiger partial charge < -0.3 is 19.1 Å². The molecule has 8 nitrogen and oxygen atoms in total. The quantitative estimate of drug-likeness (QED) is 0.560. The molecule has 1 aromatic heterocycles. The molecule has 2 aliphatic heterocycles. The fraction of sp³-hybridized carbons (Fsp3) is 0.750. The summed E-state index contributed by atoms with van der Waals surface area (Å²) in [5.74, 6) is 0.696. The van der Waals surface area contributed by atoms with Crippen molar-refractivity contribution in [3.63, 3.8) is 0 Å². The maximum absolute atomic E-state index is 12.4. The highest BCUT2D eigenvalue weighted by Crippen LogP contribution is 2.22. The zero-order valence-corrected chi connectivity index (χ0v) is 15.6. The van der Waals surface area contributed by atoms with Gasteiger partial charge in [0.05, 0.1) is 13.2 Å². The van der Waals surface area contributed by atoms with Crippen molar-refractivity contribution in [2.45, 2.75) is 24.4 Å². The van der Waals surface area contributed by atoms with Crippen molar-refractivity contribution in [2.24, 2.45) is 13.0 Å². The van der Waals surface area contributed by atoms with Gasteiger partial charge in [-0.2, -0.15) is 0 Å². The molecule has 0 unspecified atom stereocenters. The van der Waals surface area contributed by atoms with E-state index in [-0.39, 0.29) is 11.8 Å². The van der Waals surface area contributed by atoms with E-state index in [1.807, 2.05) is 17.9 Å². The van der Waals surface area contributed by atoms with E-state index in [2.05, 4.69) is 10.2 Å². The minimum atomic E-state index is -0.389. The summed E-state index contributed by atoms with van der Waals surface area (Å²) in [6.45, 7) is 3.29. The molecule has 0 saturated carbocycles. The van der Waals surface area contributed by atoms with Crippen LogP contribution in [-0.2, 0) is 27.8 Å². The Morgan fingerprint density at radius 1 is 1.08 bits per heavy atom. The molecule has 0 aromatic carbocycles. The molecule has 3 heterocycles. The SMILES string of the molecule is CSc1nnc(CC2CCN(C(=O)C(=O)N3CCOCC3)CC2)n1C. The Labute approximate surface area is 151 Å². The zero-order chi connectivity index (χ0) is 17.8. The van der Waals surface area contributed by atoms with Gasteiger partial charge in [0.1, 0.15) is 5.82 Å². The van der Waals surface area contributed by atoms with Crippen molar-refractivity contribution in [1.29, 1.82) is 0 Å². The fourth-order valence-corrected chi connectivity index (χ4v) is 3.84. The van der Waals surface area contributed by atoms with Crippen LogP contribution in [0.1, 0.15) is 18.7 Å². The standard InChI is InChI=1S/C16H25N5O3S/c1-19-13(17-18-16(19)25-2)11-12-3-5-20(6-4-12)14(22)15(23)21-7-9-24-10-8-21/h12H,3-11H2,1-2H3. The highest BCUT2D eigenvalue weighted by atomic mass is 32.2. The summed E-state index contributed by atoms with van der Waals surface area (Å²) in [4.78, 5) is 28.0. The minimum Gasteiger partial charge on any atom is -0.378 e. The van der Waals surface area contributed by atoms with Gasteiger partial charge in [-0.15, -0.1) is 10.2 Å². The monoisotopic (exact) mass is 367 g/mol. The molecule has 0 radical (unpaired) electrons. The summed E-state index contributed by atoms with van der Waals surface area (Å²) in [5.41, 5.74) is 0. The maximum Gasteiger partial charge on any atom is 0.312 e. The number of rotatable bonds is 3. The summed E-state index contributed by atoms with van der Waals surface area (Å²) in [7, 11) is 1.99. The lowest BCUT2D eigenvalue weighted by Gasteiger charge is -2.33. The number of nitrogens with zero attached hydrogens (tertiary/aromatic N) is 5. The lowest BCUT2D eigenvalue weighted by Crippen LogP contribution is -2.51. The minimum absolute atomic E-state index is 0.372. The first-order valence-corrected chi connectivity index (χ1v) is 9.90. The van der Waals surface area contributed by atoms with Gasteiger partial charge in [-0.3, -0.25) is 9.59 Å². The number of carbonyl (C=O) groups excluding carboxylic acids is 2. The van der Waals surface area contributed by atoms with E-state index < -0.39 is 0 Å². The Hall–Kier alpha value is -1.61. The second-order valence-corrected chi connectivity index (χ2v) is 7.28. The second kappa shape index (κ2) is 8.18. The van der Waals surface area contributed by atoms with Crippen LogP contribution in [0.5, 0.6) is 0 Å². The van der Waals surface area contributed by atoms with Crippen molar-refractivity contribution in [1.82, 2.24) is 24.6 Å². The molecule has 0 N–H and O–H groups in total. The van der Waals surface area contributed by atoms with Crippen molar-refractivity contribution >= 4 is 23.6 Å².